The van der Waals surface area contributed by atoms with Gasteiger partial charge in [0.25, 0.3) is 0 Å². The minimum Gasteiger partial charge on any atom is -0.496 e. The minimum atomic E-state index is 0.0666. The van der Waals surface area contributed by atoms with Gasteiger partial charge in [-0.3, -0.25) is 4.90 Å². The monoisotopic (exact) mass is 312 g/mol. The van der Waals surface area contributed by atoms with E-state index < -0.39 is 0 Å². The Labute approximate surface area is 132 Å². The van der Waals surface area contributed by atoms with Gasteiger partial charge in [0, 0.05) is 30.3 Å². The molecular weight excluding hydrogens is 288 g/mol. The number of hydrogen-bond donors (Lipinski definition) is 1. The van der Waals surface area contributed by atoms with E-state index in [1.807, 2.05) is 25.1 Å². The van der Waals surface area contributed by atoms with Crippen molar-refractivity contribution in [3.63, 3.8) is 0 Å². The Morgan fingerprint density at radius 3 is 2.95 bits per heavy atom. The van der Waals surface area contributed by atoms with Gasteiger partial charge < -0.3 is 15.2 Å². The van der Waals surface area contributed by atoms with Gasteiger partial charge in [-0.1, -0.05) is 17.7 Å². The van der Waals surface area contributed by atoms with Gasteiger partial charge in [0.1, 0.15) is 5.75 Å². The van der Waals surface area contributed by atoms with Crippen LogP contribution in [-0.2, 0) is 4.74 Å². The number of piperidine rings is 1. The molecule has 0 spiro atoms. The first-order chi connectivity index (χ1) is 10.2. The molecule has 2 atom stereocenters. The van der Waals surface area contributed by atoms with Crippen molar-refractivity contribution in [1.82, 2.24) is 4.90 Å². The van der Waals surface area contributed by atoms with Crippen molar-refractivity contribution >= 4 is 11.6 Å². The van der Waals surface area contributed by atoms with Crippen LogP contribution in [0.2, 0.25) is 5.02 Å². The summed E-state index contributed by atoms with van der Waals surface area (Å²) in [4.78, 5) is 2.37. The van der Waals surface area contributed by atoms with Gasteiger partial charge in [-0.25, -0.2) is 0 Å². The highest BCUT2D eigenvalue weighted by atomic mass is 35.5. The van der Waals surface area contributed by atoms with Crippen molar-refractivity contribution in [3.05, 3.63) is 28.8 Å². The molecule has 1 heterocycles. The molecule has 21 heavy (non-hydrogen) atoms. The van der Waals surface area contributed by atoms with Crippen molar-refractivity contribution in [1.29, 1.82) is 0 Å². The lowest BCUT2D eigenvalue weighted by molar-refractivity contribution is -0.00685. The molecule has 2 N–H and O–H groups in total. The Morgan fingerprint density at radius 1 is 1.48 bits per heavy atom. The summed E-state index contributed by atoms with van der Waals surface area (Å²) in [5.41, 5.74) is 7.04. The van der Waals surface area contributed by atoms with Crippen LogP contribution in [0, 0.1) is 0 Å². The second-order valence-electron chi connectivity index (χ2n) is 5.32. The van der Waals surface area contributed by atoms with Gasteiger partial charge in [-0.15, -0.1) is 0 Å². The van der Waals surface area contributed by atoms with E-state index in [2.05, 4.69) is 4.90 Å². The third kappa shape index (κ3) is 3.89. The first kappa shape index (κ1) is 16.6. The van der Waals surface area contributed by atoms with Gasteiger partial charge >= 0.3 is 0 Å². The fourth-order valence-electron chi connectivity index (χ4n) is 3.09. The highest BCUT2D eigenvalue weighted by Crippen LogP contribution is 2.36. The number of benzene rings is 1. The fraction of sp³-hybridized carbons (Fsp3) is 0.625. The maximum atomic E-state index is 6.40. The Balaban J connectivity index is 2.23. The molecule has 1 aromatic carbocycles. The van der Waals surface area contributed by atoms with E-state index in [9.17, 15) is 0 Å². The zero-order valence-electron chi connectivity index (χ0n) is 12.8. The van der Waals surface area contributed by atoms with Crippen molar-refractivity contribution in [2.45, 2.75) is 31.9 Å². The van der Waals surface area contributed by atoms with E-state index in [1.165, 1.54) is 0 Å². The third-order valence-electron chi connectivity index (χ3n) is 4.04. The van der Waals surface area contributed by atoms with E-state index in [-0.39, 0.29) is 12.1 Å². The summed E-state index contributed by atoms with van der Waals surface area (Å²) in [5.74, 6) is 0.802. The Morgan fingerprint density at radius 2 is 2.29 bits per heavy atom. The first-order valence-corrected chi connectivity index (χ1v) is 7.97. The normalized spacial score (nSPS) is 21.2. The number of nitrogens with zero attached hydrogens (tertiary/aromatic N) is 1. The lowest BCUT2D eigenvalue weighted by Gasteiger charge is -2.38. The maximum absolute atomic E-state index is 6.40. The van der Waals surface area contributed by atoms with Gasteiger partial charge in [-0.2, -0.15) is 0 Å². The zero-order chi connectivity index (χ0) is 15.2. The molecule has 0 aliphatic carbocycles. The van der Waals surface area contributed by atoms with Crippen LogP contribution < -0.4 is 10.5 Å². The van der Waals surface area contributed by atoms with Gasteiger partial charge in [0.05, 0.1) is 19.3 Å². The molecule has 0 aromatic heterocycles. The molecule has 0 bridgehead atoms. The zero-order valence-corrected chi connectivity index (χ0v) is 13.6. The SMILES string of the molecule is CCOC1CCCN(C(CN)c2c(Cl)cccc2OC)C1. The van der Waals surface area contributed by atoms with Crippen molar-refractivity contribution in [3.8, 4) is 5.75 Å². The number of ether oxygens (including phenoxy) is 2. The number of rotatable bonds is 6. The molecule has 1 aliphatic heterocycles. The molecule has 1 saturated heterocycles. The highest BCUT2D eigenvalue weighted by Gasteiger charge is 2.29. The molecule has 0 radical (unpaired) electrons. The van der Waals surface area contributed by atoms with Crippen molar-refractivity contribution in [2.24, 2.45) is 5.73 Å². The predicted molar refractivity (Wildman–Crippen MR) is 86.0 cm³/mol. The van der Waals surface area contributed by atoms with Gasteiger partial charge in [-0.05, 0) is 38.4 Å². The summed E-state index contributed by atoms with van der Waals surface area (Å²) in [7, 11) is 1.67. The Kier molecular flexibility index (Phi) is 6.30. The summed E-state index contributed by atoms with van der Waals surface area (Å²) in [5, 5.41) is 0.711. The molecule has 5 heteroatoms. The van der Waals surface area contributed by atoms with E-state index in [0.717, 1.165) is 43.9 Å². The molecule has 2 unspecified atom stereocenters. The lowest BCUT2D eigenvalue weighted by atomic mass is 9.99. The molecule has 4 nitrogen and oxygen atoms in total. The smallest absolute Gasteiger partial charge is 0.125 e. The van der Waals surface area contributed by atoms with Crippen LogP contribution in [-0.4, -0.2) is 44.4 Å². The molecule has 0 saturated carbocycles. The van der Waals surface area contributed by atoms with Crippen LogP contribution in [0.5, 0.6) is 5.75 Å². The van der Waals surface area contributed by atoms with Crippen LogP contribution in [0.15, 0.2) is 18.2 Å². The summed E-state index contributed by atoms with van der Waals surface area (Å²) < 4.78 is 11.3. The molecule has 1 aliphatic rings. The van der Waals surface area contributed by atoms with Crippen molar-refractivity contribution < 1.29 is 9.47 Å². The van der Waals surface area contributed by atoms with Gasteiger partial charge in [0.15, 0.2) is 0 Å². The van der Waals surface area contributed by atoms with Crippen LogP contribution >= 0.6 is 11.6 Å². The maximum Gasteiger partial charge on any atom is 0.125 e. The van der Waals surface area contributed by atoms with Crippen LogP contribution in [0.4, 0.5) is 0 Å². The summed E-state index contributed by atoms with van der Waals surface area (Å²) in [6.07, 6.45) is 2.51. The number of methoxy groups -OCH3 is 1. The number of likely N-dealkylation sites (tertiary alicyclic amines) is 1. The second kappa shape index (κ2) is 7.99. The molecule has 0 amide bonds. The van der Waals surface area contributed by atoms with E-state index >= 15 is 0 Å². The third-order valence-corrected chi connectivity index (χ3v) is 4.37. The van der Waals surface area contributed by atoms with Crippen LogP contribution in [0.1, 0.15) is 31.4 Å². The number of nitrogens with two attached hydrogens (primary N) is 1. The fourth-order valence-corrected chi connectivity index (χ4v) is 3.38. The van der Waals surface area contributed by atoms with Crippen LogP contribution in [0.3, 0.4) is 0 Å². The average molecular weight is 313 g/mol. The second-order valence-corrected chi connectivity index (χ2v) is 5.73. The first-order valence-electron chi connectivity index (χ1n) is 7.59. The highest BCUT2D eigenvalue weighted by molar-refractivity contribution is 6.31. The Bertz CT molecular complexity index is 454. The quantitative estimate of drug-likeness (QED) is 0.877. The summed E-state index contributed by atoms with van der Waals surface area (Å²) in [6.45, 7) is 5.21. The van der Waals surface area contributed by atoms with Gasteiger partial charge in [0.2, 0.25) is 0 Å². The minimum absolute atomic E-state index is 0.0666. The number of hydrogen-bond acceptors (Lipinski definition) is 4. The van der Waals surface area contributed by atoms with Crippen molar-refractivity contribution in [2.75, 3.05) is 33.4 Å². The Hall–Kier alpha value is -0.810. The van der Waals surface area contributed by atoms with E-state index in [4.69, 9.17) is 26.8 Å². The molecule has 1 aromatic rings. The van der Waals surface area contributed by atoms with E-state index in [0.29, 0.717) is 11.6 Å². The standard InChI is InChI=1S/C16H25ClN2O2/c1-3-21-12-6-5-9-19(11-12)14(10-18)16-13(17)7-4-8-15(16)20-2/h4,7-8,12,14H,3,5-6,9-11,18H2,1-2H3. The summed E-state index contributed by atoms with van der Waals surface area (Å²) in [6, 6.07) is 5.80. The summed E-state index contributed by atoms with van der Waals surface area (Å²) >= 11 is 6.40. The molecule has 2 rings (SSSR count). The lowest BCUT2D eigenvalue weighted by Crippen LogP contribution is -2.44. The largest absolute Gasteiger partial charge is 0.496 e. The topological polar surface area (TPSA) is 47.7 Å². The molecule has 1 fully saturated rings. The van der Waals surface area contributed by atoms with Crippen LogP contribution in [0.25, 0.3) is 0 Å². The molecular formula is C16H25ClN2O2. The predicted octanol–water partition coefficient (Wildman–Crippen LogP) is 2.85. The molecule has 118 valence electrons. The number of halogens is 1. The average Bonchev–Trinajstić information content (AvgIpc) is 2.50. The van der Waals surface area contributed by atoms with E-state index in [1.54, 1.807) is 7.11 Å².